The summed E-state index contributed by atoms with van der Waals surface area (Å²) in [7, 11) is 1.52. The summed E-state index contributed by atoms with van der Waals surface area (Å²) in [5.41, 5.74) is 3.64. The van der Waals surface area contributed by atoms with Gasteiger partial charge in [-0.3, -0.25) is 14.5 Å². The van der Waals surface area contributed by atoms with E-state index in [4.69, 9.17) is 16.3 Å². The minimum atomic E-state index is -0.970. The Bertz CT molecular complexity index is 2060. The third kappa shape index (κ3) is 8.38. The van der Waals surface area contributed by atoms with Gasteiger partial charge in [0.2, 0.25) is 5.91 Å². The number of nitrogens with one attached hydrogen (secondary N) is 3. The van der Waals surface area contributed by atoms with Crippen LogP contribution in [0.25, 0.3) is 20.7 Å². The number of hydrogen-bond donors (Lipinski definition) is 6. The highest BCUT2D eigenvalue weighted by atomic mass is 35.5. The molecule has 2 amide bonds. The Kier molecular flexibility index (Phi) is 11.6. The molecule has 51 heavy (non-hydrogen) atoms. The van der Waals surface area contributed by atoms with Gasteiger partial charge in [-0.25, -0.2) is 4.79 Å². The number of hydrogen-bond acceptors (Lipinski definition) is 10. The lowest BCUT2D eigenvalue weighted by Gasteiger charge is -2.37. The van der Waals surface area contributed by atoms with Crippen LogP contribution in [0.5, 0.6) is 11.5 Å². The van der Waals surface area contributed by atoms with Crippen LogP contribution in [0.15, 0.2) is 70.8 Å². The zero-order valence-corrected chi connectivity index (χ0v) is 30.1. The van der Waals surface area contributed by atoms with Gasteiger partial charge in [-0.2, -0.15) is 0 Å². The Morgan fingerprint density at radius 1 is 1.14 bits per heavy atom. The van der Waals surface area contributed by atoms with Crippen LogP contribution in [0.2, 0.25) is 5.02 Å². The fourth-order valence-corrected chi connectivity index (χ4v) is 8.44. The highest BCUT2D eigenvalue weighted by molar-refractivity contribution is 7.16. The lowest BCUT2D eigenvalue weighted by molar-refractivity contribution is -0.116. The third-order valence-corrected chi connectivity index (χ3v) is 11.2. The van der Waals surface area contributed by atoms with Gasteiger partial charge in [0.1, 0.15) is 17.0 Å². The summed E-state index contributed by atoms with van der Waals surface area (Å²) >= 11 is 9.02. The van der Waals surface area contributed by atoms with Crippen molar-refractivity contribution in [2.24, 2.45) is 0 Å². The normalized spacial score (nSPS) is 14.4. The van der Waals surface area contributed by atoms with Gasteiger partial charge >= 0.3 is 11.0 Å². The lowest BCUT2D eigenvalue weighted by atomic mass is 10.0. The molecule has 1 aliphatic heterocycles. The highest BCUT2D eigenvalue weighted by Crippen LogP contribution is 2.39. The highest BCUT2D eigenvalue weighted by Gasteiger charge is 2.31. The van der Waals surface area contributed by atoms with Gasteiger partial charge in [0.15, 0.2) is 0 Å². The number of aromatic nitrogens is 1. The fraction of sp³-hybridized carbons (Fsp3) is 0.306. The number of phenolic OH excluding ortho intramolecular Hbond substituents is 1. The number of aromatic amines is 1. The van der Waals surface area contributed by atoms with Crippen molar-refractivity contribution in [1.29, 1.82) is 0 Å². The minimum absolute atomic E-state index is 0.0594. The Hall–Kier alpha value is -4.44. The topological polar surface area (TPSA) is 167 Å². The molecule has 12 nitrogen and oxygen atoms in total. The van der Waals surface area contributed by atoms with Crippen molar-refractivity contribution in [3.8, 4) is 21.9 Å². The maximum atomic E-state index is 13.0. The van der Waals surface area contributed by atoms with Crippen molar-refractivity contribution in [3.63, 3.8) is 0 Å². The second-order valence-corrected chi connectivity index (χ2v) is 14.5. The number of phenols is 1. The van der Waals surface area contributed by atoms with Crippen LogP contribution in [0, 0.1) is 0 Å². The first-order valence-electron chi connectivity index (χ1n) is 16.4. The maximum Gasteiger partial charge on any atom is 0.412 e. The van der Waals surface area contributed by atoms with Crippen LogP contribution in [0.1, 0.15) is 36.5 Å². The largest absolute Gasteiger partial charge is 0.506 e. The summed E-state index contributed by atoms with van der Waals surface area (Å²) in [4.78, 5) is 44.1. The molecule has 268 valence electrons. The van der Waals surface area contributed by atoms with Crippen LogP contribution < -0.4 is 25.1 Å². The molecule has 0 unspecified atom stereocenters. The number of fused-ring (bicyclic) bond motifs is 1. The number of piperidine rings is 1. The number of benzene rings is 3. The van der Waals surface area contributed by atoms with Crippen LogP contribution in [-0.4, -0.2) is 76.5 Å². The van der Waals surface area contributed by atoms with E-state index in [1.807, 2.05) is 41.8 Å². The average Bonchev–Trinajstić information content (AvgIpc) is 3.76. The molecule has 5 aromatic rings. The average molecular weight is 752 g/mol. The van der Waals surface area contributed by atoms with Crippen molar-refractivity contribution in [2.75, 3.05) is 43.5 Å². The second kappa shape index (κ2) is 16.3. The number of ether oxygens (including phenoxy) is 1. The van der Waals surface area contributed by atoms with Crippen LogP contribution in [0.3, 0.4) is 0 Å². The van der Waals surface area contributed by atoms with E-state index in [2.05, 4.69) is 20.5 Å². The van der Waals surface area contributed by atoms with Crippen molar-refractivity contribution in [1.82, 2.24) is 15.2 Å². The molecule has 15 heteroatoms. The molecule has 6 rings (SSSR count). The number of carbonyl (C=O) groups is 2. The van der Waals surface area contributed by atoms with E-state index in [0.717, 1.165) is 21.8 Å². The Balaban J connectivity index is 0.996. The summed E-state index contributed by atoms with van der Waals surface area (Å²) in [6.45, 7) is 2.31. The number of aliphatic hydroxyl groups is 1. The number of carbonyl (C=O) groups excluding carboxylic acids is 1. The quantitative estimate of drug-likeness (QED) is 0.0789. The number of aliphatic hydroxyl groups excluding tert-OH is 1. The van der Waals surface area contributed by atoms with E-state index < -0.39 is 12.2 Å². The first-order valence-corrected chi connectivity index (χ1v) is 18.5. The van der Waals surface area contributed by atoms with E-state index in [0.29, 0.717) is 82.5 Å². The van der Waals surface area contributed by atoms with E-state index in [-0.39, 0.29) is 35.5 Å². The minimum Gasteiger partial charge on any atom is -0.506 e. The maximum absolute atomic E-state index is 13.0. The number of H-pyrrole nitrogens is 1. The number of amides is 2. The molecule has 0 bridgehead atoms. The van der Waals surface area contributed by atoms with Gasteiger partial charge in [-0.1, -0.05) is 59.3 Å². The Morgan fingerprint density at radius 3 is 2.63 bits per heavy atom. The van der Waals surface area contributed by atoms with Gasteiger partial charge < -0.3 is 40.6 Å². The van der Waals surface area contributed by atoms with E-state index in [1.54, 1.807) is 18.2 Å². The lowest BCUT2D eigenvalue weighted by Crippen LogP contribution is -2.47. The van der Waals surface area contributed by atoms with E-state index in [1.165, 1.54) is 29.4 Å². The fourth-order valence-electron chi connectivity index (χ4n) is 6.40. The molecule has 2 aromatic heterocycles. The predicted molar refractivity (Wildman–Crippen MR) is 202 cm³/mol. The number of thiazole rings is 1. The third-order valence-electron chi connectivity index (χ3n) is 8.97. The monoisotopic (exact) mass is 751 g/mol. The SMILES string of the molecule is COc1cc(NC(=O)CCN2CCC(N(C(=O)O)c3ccsc3-c3ccccc3)CC2)c(Cl)cc1CNC[C@H](O)c1ccc(O)c2[nH]c(=O)sc12. The predicted octanol–water partition coefficient (Wildman–Crippen LogP) is 6.49. The molecular weight excluding hydrogens is 714 g/mol. The first-order chi connectivity index (χ1) is 24.6. The molecule has 6 N–H and O–H groups in total. The molecule has 0 aliphatic carbocycles. The van der Waals surface area contributed by atoms with Gasteiger partial charge in [-0.05, 0) is 42.0 Å². The summed E-state index contributed by atoms with van der Waals surface area (Å²) < 4.78 is 6.06. The van der Waals surface area contributed by atoms with Crippen molar-refractivity contribution in [2.45, 2.75) is 38.0 Å². The number of aromatic hydroxyl groups is 1. The van der Waals surface area contributed by atoms with Gasteiger partial charge in [0.25, 0.3) is 0 Å². The smallest absolute Gasteiger partial charge is 0.412 e. The Morgan fingerprint density at radius 2 is 1.90 bits per heavy atom. The summed E-state index contributed by atoms with van der Waals surface area (Å²) in [5, 5.41) is 39.4. The number of anilines is 2. The van der Waals surface area contributed by atoms with Gasteiger partial charge in [-0.15, -0.1) is 11.3 Å². The summed E-state index contributed by atoms with van der Waals surface area (Å²) in [6, 6.07) is 17.9. The van der Waals surface area contributed by atoms with Crippen LogP contribution in [0.4, 0.5) is 16.2 Å². The molecule has 1 fully saturated rings. The molecule has 1 atom stereocenters. The number of likely N-dealkylation sites (tertiary alicyclic amines) is 1. The molecule has 0 saturated carbocycles. The van der Waals surface area contributed by atoms with E-state index in [9.17, 15) is 29.7 Å². The molecule has 0 spiro atoms. The number of halogens is 1. The summed E-state index contributed by atoms with van der Waals surface area (Å²) in [6.07, 6.45) is -0.380. The summed E-state index contributed by atoms with van der Waals surface area (Å²) in [5.74, 6) is 0.231. The molecule has 0 radical (unpaired) electrons. The van der Waals surface area contributed by atoms with Crippen LogP contribution >= 0.6 is 34.3 Å². The molecule has 3 aromatic carbocycles. The number of nitrogens with zero attached hydrogens (tertiary/aromatic N) is 2. The number of carboxylic acid groups (broad SMARTS) is 1. The van der Waals surface area contributed by atoms with Crippen LogP contribution in [-0.2, 0) is 11.3 Å². The first kappa shape index (κ1) is 36.4. The zero-order chi connectivity index (χ0) is 36.1. The molecule has 1 saturated heterocycles. The number of methoxy groups -OCH3 is 1. The molecular formula is C36H38ClN5O7S2. The van der Waals surface area contributed by atoms with Gasteiger partial charge in [0, 0.05) is 62.4 Å². The zero-order valence-electron chi connectivity index (χ0n) is 27.7. The standard InChI is InChI=1S/C36H38ClN5O7S2/c1-49-30-18-26(25(37)17-22(30)19-38-20-29(44)24-7-8-28(43)32-34(24)51-35(46)40-32)39-31(45)11-15-41-13-9-23(10-14-41)42(36(47)48)27-12-16-50-33(27)21-5-3-2-4-6-21/h2-8,12,16-18,23,29,38,43-44H,9-11,13-15,19-20H2,1H3,(H,39,45)(H,40,46)(H,47,48)/t29-/m0/s1. The van der Waals surface area contributed by atoms with Crippen molar-refractivity contribution >= 4 is 67.9 Å². The van der Waals surface area contributed by atoms with Gasteiger partial charge in [0.05, 0.1) is 39.2 Å². The number of thiophene rings is 1. The molecule has 1 aliphatic rings. The second-order valence-electron chi connectivity index (χ2n) is 12.2. The Labute approximate surface area is 306 Å². The number of rotatable bonds is 13. The van der Waals surface area contributed by atoms with E-state index >= 15 is 0 Å². The molecule has 3 heterocycles. The van der Waals surface area contributed by atoms with Crippen molar-refractivity contribution in [3.05, 3.63) is 91.9 Å². The van der Waals surface area contributed by atoms with Crippen molar-refractivity contribution < 1.29 is 29.6 Å².